The number of rotatable bonds is 3. The number of carbonyl (C=O) groups is 2. The monoisotopic (exact) mass is 304 g/mol. The van der Waals surface area contributed by atoms with E-state index in [0.29, 0.717) is 12.6 Å². The van der Waals surface area contributed by atoms with Crippen LogP contribution >= 0.6 is 0 Å². The molecule has 0 spiro atoms. The summed E-state index contributed by atoms with van der Waals surface area (Å²) in [6.45, 7) is 0.587. The number of halogens is 3. The first-order valence-electron chi connectivity index (χ1n) is 5.84. The molecule has 0 aliphatic carbocycles. The summed E-state index contributed by atoms with van der Waals surface area (Å²) in [5.74, 6) is -1.37. The standard InChI is InChI=1S/C12H15F3N4O2/c1-11(16,12(13,14)15)9(20)18-7-3-5-8(6-4-7)19-10(21)17-2/h3-6H,16H2,1-2H3,(H,18,20)(H2,17,19,21). The molecule has 1 rings (SSSR count). The van der Waals surface area contributed by atoms with E-state index in [1.807, 2.05) is 0 Å². The molecule has 0 aliphatic heterocycles. The Labute approximate surface area is 118 Å². The van der Waals surface area contributed by atoms with E-state index < -0.39 is 23.7 Å². The van der Waals surface area contributed by atoms with E-state index in [0.717, 1.165) is 0 Å². The van der Waals surface area contributed by atoms with Crippen LogP contribution in [0.1, 0.15) is 6.92 Å². The van der Waals surface area contributed by atoms with Crippen LogP contribution in [0.2, 0.25) is 0 Å². The molecule has 1 atom stereocenters. The molecule has 1 aromatic carbocycles. The summed E-state index contributed by atoms with van der Waals surface area (Å²) >= 11 is 0. The first-order valence-corrected chi connectivity index (χ1v) is 5.84. The average Bonchev–Trinajstić information content (AvgIpc) is 2.39. The average molecular weight is 304 g/mol. The molecule has 0 bridgehead atoms. The minimum absolute atomic E-state index is 0.128. The van der Waals surface area contributed by atoms with E-state index in [4.69, 9.17) is 5.73 Å². The summed E-state index contributed by atoms with van der Waals surface area (Å²) in [4.78, 5) is 22.6. The van der Waals surface area contributed by atoms with E-state index in [2.05, 4.69) is 16.0 Å². The molecule has 0 heterocycles. The zero-order valence-electron chi connectivity index (χ0n) is 11.3. The molecule has 0 fully saturated rings. The van der Waals surface area contributed by atoms with Gasteiger partial charge < -0.3 is 21.7 Å². The van der Waals surface area contributed by atoms with Gasteiger partial charge in [0.2, 0.25) is 0 Å². The van der Waals surface area contributed by atoms with Crippen LogP contribution in [0, 0.1) is 0 Å². The van der Waals surface area contributed by atoms with E-state index in [9.17, 15) is 22.8 Å². The first-order chi connectivity index (χ1) is 9.57. The predicted octanol–water partition coefficient (Wildman–Crippen LogP) is 1.66. The lowest BCUT2D eigenvalue weighted by Crippen LogP contribution is -2.59. The molecule has 0 aliphatic rings. The van der Waals surface area contributed by atoms with E-state index in [1.54, 1.807) is 0 Å². The Morgan fingerprint density at radius 3 is 1.86 bits per heavy atom. The number of carbonyl (C=O) groups excluding carboxylic acids is 2. The van der Waals surface area contributed by atoms with E-state index >= 15 is 0 Å². The van der Waals surface area contributed by atoms with Crippen molar-refractivity contribution in [1.29, 1.82) is 0 Å². The Kier molecular flexibility index (Phi) is 4.79. The first kappa shape index (κ1) is 16.8. The molecule has 3 amide bonds. The van der Waals surface area contributed by atoms with Crippen molar-refractivity contribution in [3.8, 4) is 0 Å². The molecule has 5 N–H and O–H groups in total. The molecule has 21 heavy (non-hydrogen) atoms. The fraction of sp³-hybridized carbons (Fsp3) is 0.333. The minimum atomic E-state index is -4.86. The number of hydrogen-bond donors (Lipinski definition) is 4. The van der Waals surface area contributed by atoms with Crippen LogP contribution in [-0.4, -0.2) is 30.7 Å². The maximum absolute atomic E-state index is 12.6. The van der Waals surface area contributed by atoms with Gasteiger partial charge in [-0.25, -0.2) is 4.79 Å². The molecule has 0 saturated carbocycles. The quantitative estimate of drug-likeness (QED) is 0.683. The van der Waals surface area contributed by atoms with Crippen molar-refractivity contribution in [2.24, 2.45) is 5.73 Å². The third-order valence-corrected chi connectivity index (χ3v) is 2.69. The summed E-state index contributed by atoms with van der Waals surface area (Å²) in [5, 5.41) is 6.87. The third kappa shape index (κ3) is 4.09. The fourth-order valence-corrected chi connectivity index (χ4v) is 1.22. The highest BCUT2D eigenvalue weighted by molar-refractivity contribution is 5.98. The largest absolute Gasteiger partial charge is 0.415 e. The Hall–Kier alpha value is -2.29. The van der Waals surface area contributed by atoms with Crippen molar-refractivity contribution < 1.29 is 22.8 Å². The highest BCUT2D eigenvalue weighted by atomic mass is 19.4. The highest BCUT2D eigenvalue weighted by Gasteiger charge is 2.53. The molecule has 9 heteroatoms. The van der Waals surface area contributed by atoms with Gasteiger partial charge in [0.05, 0.1) is 0 Å². The number of urea groups is 1. The SMILES string of the molecule is CNC(=O)Nc1ccc(NC(=O)C(C)(N)C(F)(F)F)cc1. The van der Waals surface area contributed by atoms with Crippen molar-refractivity contribution >= 4 is 23.3 Å². The second kappa shape index (κ2) is 6.00. The number of nitrogens with two attached hydrogens (primary N) is 1. The highest BCUT2D eigenvalue weighted by Crippen LogP contribution is 2.29. The van der Waals surface area contributed by atoms with Gasteiger partial charge in [-0.05, 0) is 31.2 Å². The van der Waals surface area contributed by atoms with Gasteiger partial charge >= 0.3 is 12.2 Å². The molecular weight excluding hydrogens is 289 g/mol. The van der Waals surface area contributed by atoms with Gasteiger partial charge in [0, 0.05) is 18.4 Å². The number of hydrogen-bond acceptors (Lipinski definition) is 3. The van der Waals surface area contributed by atoms with Gasteiger partial charge in [-0.1, -0.05) is 0 Å². The molecule has 1 unspecified atom stereocenters. The van der Waals surface area contributed by atoms with Gasteiger partial charge in [-0.3, -0.25) is 4.79 Å². The van der Waals surface area contributed by atoms with Crippen LogP contribution in [0.5, 0.6) is 0 Å². The number of amides is 3. The van der Waals surface area contributed by atoms with Crippen LogP contribution in [0.3, 0.4) is 0 Å². The van der Waals surface area contributed by atoms with Crippen molar-refractivity contribution in [2.45, 2.75) is 18.6 Å². The lowest BCUT2D eigenvalue weighted by atomic mass is 10.0. The normalized spacial score (nSPS) is 14.0. The zero-order valence-corrected chi connectivity index (χ0v) is 11.3. The fourth-order valence-electron chi connectivity index (χ4n) is 1.22. The number of anilines is 2. The maximum Gasteiger partial charge on any atom is 0.415 e. The van der Waals surface area contributed by atoms with E-state index in [1.165, 1.54) is 31.3 Å². The Morgan fingerprint density at radius 1 is 1.05 bits per heavy atom. The van der Waals surface area contributed by atoms with Gasteiger partial charge in [-0.2, -0.15) is 13.2 Å². The van der Waals surface area contributed by atoms with Gasteiger partial charge in [0.1, 0.15) is 0 Å². The molecule has 116 valence electrons. The lowest BCUT2D eigenvalue weighted by molar-refractivity contribution is -0.184. The van der Waals surface area contributed by atoms with Gasteiger partial charge in [-0.15, -0.1) is 0 Å². The van der Waals surface area contributed by atoms with Crippen LogP contribution in [0.25, 0.3) is 0 Å². The maximum atomic E-state index is 12.6. The molecule has 0 radical (unpaired) electrons. The van der Waals surface area contributed by atoms with Crippen molar-refractivity contribution in [1.82, 2.24) is 5.32 Å². The molecule has 6 nitrogen and oxygen atoms in total. The second-order valence-corrected chi connectivity index (χ2v) is 4.44. The van der Waals surface area contributed by atoms with Crippen LogP contribution < -0.4 is 21.7 Å². The zero-order chi connectivity index (χ0) is 16.3. The molecule has 1 aromatic rings. The number of alkyl halides is 3. The second-order valence-electron chi connectivity index (χ2n) is 4.44. The summed E-state index contributed by atoms with van der Waals surface area (Å²) in [6.07, 6.45) is -4.86. The van der Waals surface area contributed by atoms with Crippen molar-refractivity contribution in [2.75, 3.05) is 17.7 Å². The molecule has 0 aromatic heterocycles. The number of nitrogens with one attached hydrogen (secondary N) is 3. The Morgan fingerprint density at radius 2 is 1.48 bits per heavy atom. The predicted molar refractivity (Wildman–Crippen MR) is 71.8 cm³/mol. The Balaban J connectivity index is 2.76. The van der Waals surface area contributed by atoms with Gasteiger partial charge in [0.15, 0.2) is 5.54 Å². The van der Waals surface area contributed by atoms with Crippen LogP contribution in [-0.2, 0) is 4.79 Å². The van der Waals surface area contributed by atoms with Gasteiger partial charge in [0.25, 0.3) is 5.91 Å². The summed E-state index contributed by atoms with van der Waals surface area (Å²) < 4.78 is 37.8. The third-order valence-electron chi connectivity index (χ3n) is 2.69. The van der Waals surface area contributed by atoms with Crippen LogP contribution in [0.4, 0.5) is 29.3 Å². The topological polar surface area (TPSA) is 96.2 Å². The molecular formula is C12H15F3N4O2. The minimum Gasteiger partial charge on any atom is -0.341 e. The summed E-state index contributed by atoms with van der Waals surface area (Å²) in [5.41, 5.74) is 2.55. The van der Waals surface area contributed by atoms with Crippen LogP contribution in [0.15, 0.2) is 24.3 Å². The van der Waals surface area contributed by atoms with Crippen molar-refractivity contribution in [3.05, 3.63) is 24.3 Å². The molecule has 0 saturated heterocycles. The number of benzene rings is 1. The smallest absolute Gasteiger partial charge is 0.341 e. The van der Waals surface area contributed by atoms with Crippen molar-refractivity contribution in [3.63, 3.8) is 0 Å². The summed E-state index contributed by atoms with van der Waals surface area (Å²) in [6, 6.07) is 5.09. The summed E-state index contributed by atoms with van der Waals surface area (Å²) in [7, 11) is 1.43. The lowest BCUT2D eigenvalue weighted by Gasteiger charge is -2.26. The van der Waals surface area contributed by atoms with E-state index in [-0.39, 0.29) is 5.69 Å². The Bertz CT molecular complexity index is 526.